The zero-order valence-corrected chi connectivity index (χ0v) is 15.7. The summed E-state index contributed by atoms with van der Waals surface area (Å²) in [5, 5.41) is 2.03. The predicted molar refractivity (Wildman–Crippen MR) is 75.1 cm³/mol. The zero-order chi connectivity index (χ0) is 12.8. The molecule has 1 aliphatic heterocycles. The quantitative estimate of drug-likeness (QED) is 0.505. The van der Waals surface area contributed by atoms with Crippen molar-refractivity contribution in [2.75, 3.05) is 20.8 Å². The standard InChI is InChI=1S/C6H11Br2N.C4H9N3.Pt/c7-9(8)6-4-2-1-3-5-6;1-6-3-5-7(2)4-6;/h6H,1-5H2;5H,4H2,1-2H3;. The Balaban J connectivity index is 0.000000171. The first-order valence-electron chi connectivity index (χ1n) is 5.79. The molecule has 104 valence electrons. The number of nitrogens with zero attached hydrogens (tertiary/aromatic N) is 3. The number of hydrogen-bond acceptors (Lipinski definition) is 4. The third-order valence-electron chi connectivity index (χ3n) is 2.86. The van der Waals surface area contributed by atoms with Gasteiger partial charge in [0.15, 0.2) is 0 Å². The molecule has 1 N–H and O–H groups in total. The van der Waals surface area contributed by atoms with Gasteiger partial charge in [-0.15, -0.1) is 0 Å². The van der Waals surface area contributed by atoms with Crippen LogP contribution in [0.15, 0.2) is 0 Å². The van der Waals surface area contributed by atoms with Crippen molar-refractivity contribution in [3.63, 3.8) is 0 Å². The summed E-state index contributed by atoms with van der Waals surface area (Å²) in [6, 6.07) is 0.721. The van der Waals surface area contributed by atoms with E-state index >= 15 is 0 Å². The van der Waals surface area contributed by atoms with Crippen molar-refractivity contribution in [1.29, 1.82) is 0 Å². The first kappa shape index (κ1) is 16.4. The molecule has 0 spiro atoms. The van der Waals surface area contributed by atoms with E-state index in [1.807, 2.05) is 15.0 Å². The summed E-state index contributed by atoms with van der Waals surface area (Å²) in [6.45, 7) is 0.971. The Morgan fingerprint density at radius 2 is 1.82 bits per heavy atom. The summed E-state index contributed by atoms with van der Waals surface area (Å²) in [5.41, 5.74) is 3.13. The van der Waals surface area contributed by atoms with Crippen LogP contribution in [0.2, 0.25) is 0 Å². The molecule has 0 bridgehead atoms. The second kappa shape index (κ2) is 8.51. The number of rotatable bonds is 1. The van der Waals surface area contributed by atoms with Gasteiger partial charge in [0.25, 0.3) is 0 Å². The summed E-state index contributed by atoms with van der Waals surface area (Å²) >= 11 is 9.02. The Hall–Kier alpha value is 1.36. The van der Waals surface area contributed by atoms with Crippen molar-refractivity contribution in [3.05, 3.63) is 0 Å². The maximum atomic E-state index is 3.39. The molecule has 2 rings (SSSR count). The first-order chi connectivity index (χ1) is 8.00. The van der Waals surface area contributed by atoms with Gasteiger partial charge in [0.1, 0.15) is 0 Å². The van der Waals surface area contributed by atoms with Gasteiger partial charge in [-0.2, -0.15) is 2.95 Å². The Morgan fingerprint density at radius 3 is 2.06 bits per heavy atom. The van der Waals surface area contributed by atoms with Gasteiger partial charge in [0, 0.05) is 38.3 Å². The molecule has 1 aliphatic carbocycles. The summed E-state index contributed by atoms with van der Waals surface area (Å²) < 4.78 is 3.17. The number of hydrogen-bond donors (Lipinski definition) is 1. The predicted octanol–water partition coefficient (Wildman–Crippen LogP) is 2.20. The maximum absolute atomic E-state index is 3.39. The monoisotopic (exact) mass is 549 g/mol. The third kappa shape index (κ3) is 6.37. The molecule has 0 amide bonds. The van der Waals surface area contributed by atoms with Crippen LogP contribution in [-0.4, -0.2) is 43.8 Å². The zero-order valence-electron chi connectivity index (χ0n) is 10.2. The molecule has 2 aliphatic rings. The van der Waals surface area contributed by atoms with Gasteiger partial charge in [0.05, 0.1) is 0 Å². The molecule has 4 nitrogen and oxygen atoms in total. The van der Waals surface area contributed by atoms with E-state index in [9.17, 15) is 0 Å². The van der Waals surface area contributed by atoms with Crippen LogP contribution in [0.25, 0.3) is 0 Å². The van der Waals surface area contributed by atoms with Gasteiger partial charge in [-0.05, 0) is 12.8 Å². The van der Waals surface area contributed by atoms with Crippen molar-refractivity contribution in [2.24, 2.45) is 0 Å². The molecular weight excluding hydrogens is 531 g/mol. The van der Waals surface area contributed by atoms with Crippen LogP contribution in [0.3, 0.4) is 0 Å². The van der Waals surface area contributed by atoms with Crippen molar-refractivity contribution in [3.8, 4) is 0 Å². The summed E-state index contributed by atoms with van der Waals surface area (Å²) in [7, 11) is 4.07. The number of nitrogens with one attached hydrogen (secondary N) is 1. The average Bonchev–Trinajstić information content (AvgIpc) is 2.58. The average molecular weight is 551 g/mol. The van der Waals surface area contributed by atoms with Gasteiger partial charge in [-0.1, -0.05) is 19.3 Å². The molecule has 0 aromatic rings. The summed E-state index contributed by atoms with van der Waals surface area (Å²) in [6.07, 6.45) is 6.86. The van der Waals surface area contributed by atoms with Crippen LogP contribution < -0.4 is 5.43 Å². The Bertz CT molecular complexity index is 246. The van der Waals surface area contributed by atoms with E-state index in [2.05, 4.69) is 69.0 Å². The molecule has 0 aromatic carbocycles. The second-order valence-corrected chi connectivity index (χ2v) is 8.02. The van der Waals surface area contributed by atoms with Gasteiger partial charge >= 0.3 is 59.6 Å². The Labute approximate surface area is 132 Å². The van der Waals surface area contributed by atoms with Crippen LogP contribution >= 0.6 is 32.3 Å². The van der Waals surface area contributed by atoms with Crippen molar-refractivity contribution < 1.29 is 19.4 Å². The van der Waals surface area contributed by atoms with Crippen molar-refractivity contribution in [2.45, 2.75) is 38.1 Å². The van der Waals surface area contributed by atoms with E-state index in [0.29, 0.717) is 0 Å². The fourth-order valence-corrected chi connectivity index (χ4v) is 3.33. The topological polar surface area (TPSA) is 21.8 Å². The molecule has 17 heavy (non-hydrogen) atoms. The van der Waals surface area contributed by atoms with E-state index in [0.717, 1.165) is 12.7 Å². The van der Waals surface area contributed by atoms with E-state index in [-0.39, 0.29) is 0 Å². The van der Waals surface area contributed by atoms with Crippen LogP contribution in [-0.2, 0) is 19.4 Å². The van der Waals surface area contributed by atoms with Crippen molar-refractivity contribution >= 4 is 36.4 Å². The Morgan fingerprint density at radius 1 is 1.24 bits per heavy atom. The van der Waals surface area contributed by atoms with Gasteiger partial charge < -0.3 is 0 Å². The molecule has 0 aromatic heterocycles. The van der Waals surface area contributed by atoms with Gasteiger partial charge in [-0.25, -0.2) is 0 Å². The van der Waals surface area contributed by atoms with E-state index in [4.69, 9.17) is 0 Å². The normalized spacial score (nSPS) is 24.1. The minimum absolute atomic E-state index is 0.721. The molecule has 0 atom stereocenters. The first-order valence-corrected chi connectivity index (χ1v) is 8.35. The van der Waals surface area contributed by atoms with Crippen LogP contribution in [0, 0.1) is 0 Å². The van der Waals surface area contributed by atoms with E-state index < -0.39 is 0 Å². The number of halogens is 2. The minimum atomic E-state index is 0.721. The van der Waals surface area contributed by atoms with Crippen LogP contribution in [0.5, 0.6) is 0 Å². The van der Waals surface area contributed by atoms with Gasteiger partial charge in [-0.3, -0.25) is 0 Å². The second-order valence-electron chi connectivity index (χ2n) is 4.46. The molecule has 0 unspecified atom stereocenters. The van der Waals surface area contributed by atoms with Crippen LogP contribution in [0.1, 0.15) is 32.1 Å². The van der Waals surface area contributed by atoms with E-state index in [1.165, 1.54) is 36.2 Å². The molecule has 1 heterocycles. The third-order valence-corrected chi connectivity index (χ3v) is 5.14. The summed E-state index contributed by atoms with van der Waals surface area (Å²) in [4.78, 5) is 2.14. The van der Waals surface area contributed by atoms with Crippen molar-refractivity contribution in [1.82, 2.24) is 18.3 Å². The molecule has 2 fully saturated rings. The summed E-state index contributed by atoms with van der Waals surface area (Å²) in [5.74, 6) is 0. The Kier molecular flexibility index (Phi) is 8.22. The molecule has 7 heteroatoms. The molecule has 1 saturated heterocycles. The molecule has 1 saturated carbocycles. The fraction of sp³-hybridized carbons (Fsp3) is 0.900. The fourth-order valence-electron chi connectivity index (χ4n) is 1.92. The number of hydrazine groups is 1. The van der Waals surface area contributed by atoms with E-state index in [1.54, 1.807) is 0 Å². The SMILES string of the molecule is BrN(Br)C1CCCCC1.CN1CN(C)[C](=[Pt])N1. The van der Waals surface area contributed by atoms with Crippen LogP contribution in [0.4, 0.5) is 0 Å². The molecule has 0 radical (unpaired) electrons. The van der Waals surface area contributed by atoms with Gasteiger partial charge in [0.2, 0.25) is 0 Å². The molecular formula is C10H20Br2N4Pt.